The molecule has 2 fully saturated rings. The summed E-state index contributed by atoms with van der Waals surface area (Å²) in [6.07, 6.45) is 5.30. The molecule has 2 heterocycles. The molecule has 0 saturated carbocycles. The van der Waals surface area contributed by atoms with Gasteiger partial charge in [-0.15, -0.1) is 0 Å². The first-order valence-corrected chi connectivity index (χ1v) is 10.5. The lowest BCUT2D eigenvalue weighted by atomic mass is 9.91. The molecule has 132 valence electrons. The van der Waals surface area contributed by atoms with E-state index in [0.29, 0.717) is 12.1 Å². The van der Waals surface area contributed by atoms with Gasteiger partial charge in [0.1, 0.15) is 0 Å². The molecular formula is C22H28N2S. The zero-order valence-corrected chi connectivity index (χ0v) is 15.6. The Labute approximate surface area is 155 Å². The van der Waals surface area contributed by atoms with Gasteiger partial charge in [-0.1, -0.05) is 60.7 Å². The normalized spacial score (nSPS) is 28.6. The zero-order chi connectivity index (χ0) is 16.9. The van der Waals surface area contributed by atoms with Gasteiger partial charge in [0.2, 0.25) is 0 Å². The maximum Gasteiger partial charge on any atom is 0.0208 e. The van der Waals surface area contributed by atoms with Gasteiger partial charge in [0.05, 0.1) is 0 Å². The summed E-state index contributed by atoms with van der Waals surface area (Å²) in [5.74, 6) is 0. The SMILES string of the molecule is c1ccc(CN[C@H]2CC[C@H]3S[C@@H]2CC[C@H]3NCc2ccccc2)cc1. The summed E-state index contributed by atoms with van der Waals surface area (Å²) in [5, 5.41) is 9.23. The van der Waals surface area contributed by atoms with Crippen molar-refractivity contribution in [2.45, 2.75) is 61.4 Å². The smallest absolute Gasteiger partial charge is 0.0208 e. The average molecular weight is 353 g/mol. The minimum absolute atomic E-state index is 0.677. The summed E-state index contributed by atoms with van der Waals surface area (Å²) in [5.41, 5.74) is 2.79. The van der Waals surface area contributed by atoms with Gasteiger partial charge in [0, 0.05) is 35.7 Å². The Morgan fingerprint density at radius 3 is 1.52 bits per heavy atom. The van der Waals surface area contributed by atoms with Gasteiger partial charge in [-0.25, -0.2) is 0 Å². The van der Waals surface area contributed by atoms with Crippen molar-refractivity contribution in [3.63, 3.8) is 0 Å². The fourth-order valence-electron chi connectivity index (χ4n) is 4.17. The van der Waals surface area contributed by atoms with Crippen LogP contribution in [0.15, 0.2) is 60.7 Å². The van der Waals surface area contributed by atoms with E-state index in [2.05, 4.69) is 83.1 Å². The molecule has 2 bridgehead atoms. The van der Waals surface area contributed by atoms with Crippen molar-refractivity contribution >= 4 is 11.8 Å². The van der Waals surface area contributed by atoms with Crippen LogP contribution in [0.25, 0.3) is 0 Å². The predicted octanol–water partition coefficient (Wildman–Crippen LogP) is 4.36. The highest BCUT2D eigenvalue weighted by Gasteiger charge is 2.38. The lowest BCUT2D eigenvalue weighted by Crippen LogP contribution is -2.51. The summed E-state index contributed by atoms with van der Waals surface area (Å²) < 4.78 is 0. The van der Waals surface area contributed by atoms with Crippen molar-refractivity contribution in [1.29, 1.82) is 0 Å². The number of rotatable bonds is 6. The highest BCUT2D eigenvalue weighted by Crippen LogP contribution is 2.41. The Bertz CT molecular complexity index is 588. The molecule has 2 saturated heterocycles. The minimum Gasteiger partial charge on any atom is -0.309 e. The van der Waals surface area contributed by atoms with Crippen molar-refractivity contribution in [3.05, 3.63) is 71.8 Å². The highest BCUT2D eigenvalue weighted by atomic mass is 32.2. The van der Waals surface area contributed by atoms with E-state index in [0.717, 1.165) is 23.6 Å². The highest BCUT2D eigenvalue weighted by molar-refractivity contribution is 8.00. The van der Waals surface area contributed by atoms with Crippen LogP contribution in [-0.4, -0.2) is 22.6 Å². The Morgan fingerprint density at radius 1 is 0.640 bits per heavy atom. The Balaban J connectivity index is 1.26. The molecule has 0 spiro atoms. The fourth-order valence-corrected chi connectivity index (χ4v) is 6.01. The van der Waals surface area contributed by atoms with E-state index in [-0.39, 0.29) is 0 Å². The standard InChI is InChI=1S/C22H28N2S/c1-3-7-17(8-4-1)15-23-19-11-13-22-20(12-14-21(19)25-22)24-16-18-9-5-2-6-10-18/h1-10,19-24H,11-16H2/t19-,20+,21-,22-/m1/s1. The topological polar surface area (TPSA) is 24.1 Å². The van der Waals surface area contributed by atoms with Gasteiger partial charge in [-0.2, -0.15) is 11.8 Å². The third-order valence-corrected chi connectivity index (χ3v) is 7.42. The van der Waals surface area contributed by atoms with Crippen molar-refractivity contribution in [3.8, 4) is 0 Å². The molecule has 2 aromatic carbocycles. The molecule has 3 heteroatoms. The molecule has 0 amide bonds. The molecule has 25 heavy (non-hydrogen) atoms. The maximum absolute atomic E-state index is 3.82. The molecule has 0 aliphatic carbocycles. The molecule has 0 aromatic heterocycles. The second-order valence-corrected chi connectivity index (χ2v) is 8.80. The molecule has 0 unspecified atom stereocenters. The van der Waals surface area contributed by atoms with E-state index in [1.165, 1.54) is 36.8 Å². The maximum atomic E-state index is 3.82. The number of nitrogens with one attached hydrogen (secondary N) is 2. The molecule has 2 aromatic rings. The van der Waals surface area contributed by atoms with Crippen molar-refractivity contribution < 1.29 is 0 Å². The number of fused-ring (bicyclic) bond motifs is 2. The van der Waals surface area contributed by atoms with Crippen molar-refractivity contribution in [2.24, 2.45) is 0 Å². The fraction of sp³-hybridized carbons (Fsp3) is 0.455. The number of hydrogen-bond donors (Lipinski definition) is 2. The van der Waals surface area contributed by atoms with Crippen LogP contribution in [-0.2, 0) is 13.1 Å². The molecule has 4 atom stereocenters. The van der Waals surface area contributed by atoms with Crippen LogP contribution in [0.1, 0.15) is 36.8 Å². The Morgan fingerprint density at radius 2 is 1.08 bits per heavy atom. The molecule has 0 radical (unpaired) electrons. The molecule has 2 N–H and O–H groups in total. The largest absolute Gasteiger partial charge is 0.309 e. The number of benzene rings is 2. The quantitative estimate of drug-likeness (QED) is 0.808. The third-order valence-electron chi connectivity index (χ3n) is 5.59. The first kappa shape index (κ1) is 17.1. The molecule has 2 aliphatic heterocycles. The van der Waals surface area contributed by atoms with Crippen LogP contribution in [0.4, 0.5) is 0 Å². The lowest BCUT2D eigenvalue weighted by molar-refractivity contribution is 0.330. The monoisotopic (exact) mass is 352 g/mol. The van der Waals surface area contributed by atoms with Crippen LogP contribution in [0.2, 0.25) is 0 Å². The van der Waals surface area contributed by atoms with E-state index in [4.69, 9.17) is 0 Å². The van der Waals surface area contributed by atoms with Crippen LogP contribution in [0, 0.1) is 0 Å². The van der Waals surface area contributed by atoms with Gasteiger partial charge < -0.3 is 10.6 Å². The molecule has 4 rings (SSSR count). The summed E-state index contributed by atoms with van der Waals surface area (Å²) in [7, 11) is 0. The first-order chi connectivity index (χ1) is 12.4. The van der Waals surface area contributed by atoms with Crippen LogP contribution in [0.5, 0.6) is 0 Å². The van der Waals surface area contributed by atoms with E-state index in [9.17, 15) is 0 Å². The van der Waals surface area contributed by atoms with E-state index < -0.39 is 0 Å². The van der Waals surface area contributed by atoms with Gasteiger partial charge in [-0.3, -0.25) is 0 Å². The molecular weight excluding hydrogens is 324 g/mol. The minimum atomic E-state index is 0.677. The van der Waals surface area contributed by atoms with E-state index in [1.807, 2.05) is 0 Å². The number of hydrogen-bond acceptors (Lipinski definition) is 3. The molecule has 2 aliphatic rings. The van der Waals surface area contributed by atoms with Crippen LogP contribution in [0.3, 0.4) is 0 Å². The van der Waals surface area contributed by atoms with Crippen LogP contribution >= 0.6 is 11.8 Å². The number of thioether (sulfide) groups is 1. The first-order valence-electron chi connectivity index (χ1n) is 9.58. The lowest BCUT2D eigenvalue weighted by Gasteiger charge is -2.44. The molecule has 2 nitrogen and oxygen atoms in total. The zero-order valence-electron chi connectivity index (χ0n) is 14.7. The second kappa shape index (κ2) is 8.39. The van der Waals surface area contributed by atoms with Gasteiger partial charge in [0.25, 0.3) is 0 Å². The summed E-state index contributed by atoms with van der Waals surface area (Å²) in [6, 6.07) is 22.9. The average Bonchev–Trinajstić information content (AvgIpc) is 2.68. The van der Waals surface area contributed by atoms with Gasteiger partial charge >= 0.3 is 0 Å². The summed E-state index contributed by atoms with van der Waals surface area (Å²) in [6.45, 7) is 2.01. The van der Waals surface area contributed by atoms with Gasteiger partial charge in [-0.05, 0) is 36.8 Å². The Hall–Kier alpha value is -1.29. The second-order valence-electron chi connectivity index (χ2n) is 7.31. The van der Waals surface area contributed by atoms with Crippen LogP contribution < -0.4 is 10.6 Å². The van der Waals surface area contributed by atoms with E-state index >= 15 is 0 Å². The Kier molecular flexibility index (Phi) is 5.75. The van der Waals surface area contributed by atoms with Crippen molar-refractivity contribution in [2.75, 3.05) is 0 Å². The van der Waals surface area contributed by atoms with Gasteiger partial charge in [0.15, 0.2) is 0 Å². The third kappa shape index (κ3) is 4.46. The predicted molar refractivity (Wildman–Crippen MR) is 108 cm³/mol. The van der Waals surface area contributed by atoms with E-state index in [1.54, 1.807) is 0 Å². The summed E-state index contributed by atoms with van der Waals surface area (Å²) >= 11 is 2.23. The van der Waals surface area contributed by atoms with Crippen molar-refractivity contribution in [1.82, 2.24) is 10.6 Å². The summed E-state index contributed by atoms with van der Waals surface area (Å²) in [4.78, 5) is 0.